The normalized spacial score (nSPS) is 23.3. The Labute approximate surface area is 132 Å². The van der Waals surface area contributed by atoms with Crippen LogP contribution in [0.1, 0.15) is 51.6 Å². The first-order chi connectivity index (χ1) is 9.98. The van der Waals surface area contributed by atoms with Crippen molar-refractivity contribution in [2.24, 2.45) is 5.92 Å². The lowest BCUT2D eigenvalue weighted by Gasteiger charge is -2.31. The molecule has 1 aliphatic rings. The molecule has 1 fully saturated rings. The average Bonchev–Trinajstić information content (AvgIpc) is 2.95. The van der Waals surface area contributed by atoms with Crippen LogP contribution < -0.4 is 10.6 Å². The Morgan fingerprint density at radius 2 is 2.05 bits per heavy atom. The Hall–Kier alpha value is -1.06. The summed E-state index contributed by atoms with van der Waals surface area (Å²) < 4.78 is 0. The molecule has 1 aromatic carbocycles. The molecule has 0 radical (unpaired) electrons. The maximum atomic E-state index is 12.8. The highest BCUT2D eigenvalue weighted by molar-refractivity contribution is 6.30. The van der Waals surface area contributed by atoms with Crippen LogP contribution >= 0.6 is 11.6 Å². The topological polar surface area (TPSA) is 41.1 Å². The molecule has 116 valence electrons. The summed E-state index contributed by atoms with van der Waals surface area (Å²) >= 11 is 5.95. The Morgan fingerprint density at radius 3 is 2.52 bits per heavy atom. The van der Waals surface area contributed by atoms with Crippen molar-refractivity contribution < 1.29 is 4.79 Å². The fourth-order valence-corrected chi connectivity index (χ4v) is 3.17. The molecule has 1 aromatic rings. The summed E-state index contributed by atoms with van der Waals surface area (Å²) in [5.41, 5.74) is 0.714. The van der Waals surface area contributed by atoms with Crippen molar-refractivity contribution in [2.45, 2.75) is 51.6 Å². The van der Waals surface area contributed by atoms with Gasteiger partial charge in [0.1, 0.15) is 0 Å². The molecular formula is C17H25ClN2O. The largest absolute Gasteiger partial charge is 0.347 e. The molecule has 2 N–H and O–H groups in total. The molecule has 0 aromatic heterocycles. The number of carbonyl (C=O) groups excluding carboxylic acids is 1. The number of carbonyl (C=O) groups is 1. The van der Waals surface area contributed by atoms with Crippen molar-refractivity contribution in [3.05, 3.63) is 34.9 Å². The summed E-state index contributed by atoms with van der Waals surface area (Å²) in [4.78, 5) is 12.8. The highest BCUT2D eigenvalue weighted by atomic mass is 35.5. The minimum atomic E-state index is -0.389. The number of amides is 1. The molecule has 1 aliphatic heterocycles. The molecule has 0 bridgehead atoms. The van der Waals surface area contributed by atoms with Crippen LogP contribution in [0.2, 0.25) is 5.02 Å². The second-order valence-corrected chi connectivity index (χ2v) is 6.65. The van der Waals surface area contributed by atoms with E-state index in [1.165, 1.54) is 0 Å². The highest BCUT2D eigenvalue weighted by Gasteiger charge is 2.40. The van der Waals surface area contributed by atoms with Crippen LogP contribution in [0, 0.1) is 5.92 Å². The summed E-state index contributed by atoms with van der Waals surface area (Å²) in [6.45, 7) is 7.25. The lowest BCUT2D eigenvalue weighted by atomic mass is 9.90. The predicted octanol–water partition coefficient (Wildman–Crippen LogP) is 3.69. The molecule has 2 rings (SSSR count). The van der Waals surface area contributed by atoms with E-state index in [1.54, 1.807) is 0 Å². The quantitative estimate of drug-likeness (QED) is 0.871. The molecule has 0 saturated carbocycles. The van der Waals surface area contributed by atoms with Crippen LogP contribution in [-0.2, 0) is 4.79 Å². The van der Waals surface area contributed by atoms with E-state index in [0.29, 0.717) is 5.92 Å². The number of benzene rings is 1. The Balaban J connectivity index is 2.16. The smallest absolute Gasteiger partial charge is 0.240 e. The number of nitrogens with one attached hydrogen (secondary N) is 2. The maximum absolute atomic E-state index is 12.8. The molecule has 21 heavy (non-hydrogen) atoms. The second kappa shape index (κ2) is 6.80. The van der Waals surface area contributed by atoms with Gasteiger partial charge >= 0.3 is 0 Å². The third-order valence-electron chi connectivity index (χ3n) is 4.46. The SMILES string of the molecule is CCC1(C(=O)NC(c2ccc(Cl)cc2)C(C)C)CCCN1. The lowest BCUT2D eigenvalue weighted by molar-refractivity contribution is -0.128. The van der Waals surface area contributed by atoms with Gasteiger partial charge in [0.25, 0.3) is 0 Å². The van der Waals surface area contributed by atoms with Crippen LogP contribution in [0.5, 0.6) is 0 Å². The van der Waals surface area contributed by atoms with Gasteiger partial charge in [0.15, 0.2) is 0 Å². The van der Waals surface area contributed by atoms with E-state index in [4.69, 9.17) is 11.6 Å². The van der Waals surface area contributed by atoms with E-state index >= 15 is 0 Å². The molecule has 0 spiro atoms. The Kier molecular flexibility index (Phi) is 5.28. The minimum Gasteiger partial charge on any atom is -0.347 e. The van der Waals surface area contributed by atoms with Gasteiger partial charge in [-0.05, 0) is 49.4 Å². The Bertz CT molecular complexity index is 478. The summed E-state index contributed by atoms with van der Waals surface area (Å²) in [7, 11) is 0. The number of halogens is 1. The first-order valence-electron chi connectivity index (χ1n) is 7.80. The van der Waals surface area contributed by atoms with E-state index in [0.717, 1.165) is 36.4 Å². The van der Waals surface area contributed by atoms with Crippen molar-refractivity contribution in [3.63, 3.8) is 0 Å². The van der Waals surface area contributed by atoms with Crippen LogP contribution in [0.25, 0.3) is 0 Å². The zero-order valence-corrected chi connectivity index (χ0v) is 13.8. The van der Waals surface area contributed by atoms with E-state index < -0.39 is 0 Å². The van der Waals surface area contributed by atoms with Gasteiger partial charge < -0.3 is 10.6 Å². The maximum Gasteiger partial charge on any atom is 0.240 e. The van der Waals surface area contributed by atoms with Gasteiger partial charge in [-0.25, -0.2) is 0 Å². The molecule has 1 amide bonds. The average molecular weight is 309 g/mol. The predicted molar refractivity (Wildman–Crippen MR) is 87.4 cm³/mol. The summed E-state index contributed by atoms with van der Waals surface area (Å²) in [6, 6.07) is 7.76. The van der Waals surface area contributed by atoms with Crippen molar-refractivity contribution in [1.29, 1.82) is 0 Å². The van der Waals surface area contributed by atoms with Crippen LogP contribution in [0.4, 0.5) is 0 Å². The van der Waals surface area contributed by atoms with Gasteiger partial charge in [0, 0.05) is 5.02 Å². The molecule has 0 aliphatic carbocycles. The van der Waals surface area contributed by atoms with Gasteiger partial charge in [0.05, 0.1) is 11.6 Å². The monoisotopic (exact) mass is 308 g/mol. The van der Waals surface area contributed by atoms with Gasteiger partial charge in [0.2, 0.25) is 5.91 Å². The van der Waals surface area contributed by atoms with Gasteiger partial charge in [-0.1, -0.05) is 44.5 Å². The van der Waals surface area contributed by atoms with E-state index in [2.05, 4.69) is 31.4 Å². The first kappa shape index (κ1) is 16.3. The number of rotatable bonds is 5. The fraction of sp³-hybridized carbons (Fsp3) is 0.588. The standard InChI is InChI=1S/C17H25ClN2O/c1-4-17(10-5-11-19-17)16(21)20-15(12(2)3)13-6-8-14(18)9-7-13/h6-9,12,15,19H,4-5,10-11H2,1-3H3,(H,20,21). The fourth-order valence-electron chi connectivity index (χ4n) is 3.05. The first-order valence-corrected chi connectivity index (χ1v) is 8.18. The zero-order valence-electron chi connectivity index (χ0n) is 13.1. The lowest BCUT2D eigenvalue weighted by Crippen LogP contribution is -2.54. The molecule has 1 saturated heterocycles. The van der Waals surface area contributed by atoms with E-state index in [9.17, 15) is 4.79 Å². The van der Waals surface area contributed by atoms with Crippen LogP contribution in [0.3, 0.4) is 0 Å². The van der Waals surface area contributed by atoms with Crippen molar-refractivity contribution in [3.8, 4) is 0 Å². The summed E-state index contributed by atoms with van der Waals surface area (Å²) in [5.74, 6) is 0.446. The van der Waals surface area contributed by atoms with Crippen molar-refractivity contribution >= 4 is 17.5 Å². The van der Waals surface area contributed by atoms with E-state index in [1.807, 2.05) is 24.3 Å². The zero-order chi connectivity index (χ0) is 15.5. The second-order valence-electron chi connectivity index (χ2n) is 6.21. The van der Waals surface area contributed by atoms with E-state index in [-0.39, 0.29) is 17.5 Å². The van der Waals surface area contributed by atoms with Gasteiger partial charge in [-0.15, -0.1) is 0 Å². The van der Waals surface area contributed by atoms with Gasteiger partial charge in [-0.2, -0.15) is 0 Å². The minimum absolute atomic E-state index is 0.0144. The summed E-state index contributed by atoms with van der Waals surface area (Å²) in [5, 5.41) is 7.35. The molecule has 3 nitrogen and oxygen atoms in total. The summed E-state index contributed by atoms with van der Waals surface area (Å²) in [6.07, 6.45) is 2.81. The third-order valence-corrected chi connectivity index (χ3v) is 4.72. The molecule has 1 heterocycles. The molecular weight excluding hydrogens is 284 g/mol. The third kappa shape index (κ3) is 3.58. The van der Waals surface area contributed by atoms with Crippen molar-refractivity contribution in [1.82, 2.24) is 10.6 Å². The van der Waals surface area contributed by atoms with Crippen LogP contribution in [-0.4, -0.2) is 18.0 Å². The Morgan fingerprint density at radius 1 is 1.38 bits per heavy atom. The molecule has 2 unspecified atom stereocenters. The van der Waals surface area contributed by atoms with Gasteiger partial charge in [-0.3, -0.25) is 4.79 Å². The molecule has 2 atom stereocenters. The van der Waals surface area contributed by atoms with Crippen molar-refractivity contribution in [2.75, 3.05) is 6.54 Å². The highest BCUT2D eigenvalue weighted by Crippen LogP contribution is 2.27. The molecule has 4 heteroatoms. The van der Waals surface area contributed by atoms with Crippen LogP contribution in [0.15, 0.2) is 24.3 Å². The number of hydrogen-bond donors (Lipinski definition) is 2. The number of hydrogen-bond acceptors (Lipinski definition) is 2.